The summed E-state index contributed by atoms with van der Waals surface area (Å²) in [5.41, 5.74) is 0. The van der Waals surface area contributed by atoms with Crippen molar-refractivity contribution in [2.45, 2.75) is 217 Å². The summed E-state index contributed by atoms with van der Waals surface area (Å²) < 4.78 is 34.1. The first kappa shape index (κ1) is 55.3. The Hall–Kier alpha value is -1.70. The second-order valence-corrected chi connectivity index (χ2v) is 17.3. The lowest BCUT2D eigenvalue weighted by atomic mass is 9.85. The number of hydrogen-bond acceptors (Lipinski definition) is 11. The highest BCUT2D eigenvalue weighted by molar-refractivity contribution is 7.47. The topological polar surface area (TPSA) is 192 Å². The van der Waals surface area contributed by atoms with E-state index in [4.69, 9.17) is 18.5 Å². The van der Waals surface area contributed by atoms with Gasteiger partial charge in [-0.1, -0.05) is 165 Å². The van der Waals surface area contributed by atoms with Crippen molar-refractivity contribution in [2.75, 3.05) is 19.8 Å². The molecule has 12 nitrogen and oxygen atoms in total. The van der Waals surface area contributed by atoms with E-state index in [2.05, 4.69) is 62.5 Å². The van der Waals surface area contributed by atoms with Crippen LogP contribution < -0.4 is 0 Å². The van der Waals surface area contributed by atoms with Gasteiger partial charge in [-0.3, -0.25) is 13.8 Å². The van der Waals surface area contributed by atoms with E-state index in [0.717, 1.165) is 77.0 Å². The van der Waals surface area contributed by atoms with Crippen LogP contribution in [0.3, 0.4) is 0 Å². The molecule has 1 rings (SSSR count). The van der Waals surface area contributed by atoms with Crippen LogP contribution in [0.25, 0.3) is 0 Å². The number of allylic oxidation sites excluding steroid dienone is 8. The summed E-state index contributed by atoms with van der Waals surface area (Å²) in [5, 5.41) is 50.1. The zero-order valence-corrected chi connectivity index (χ0v) is 37.4. The Labute approximate surface area is 356 Å². The van der Waals surface area contributed by atoms with Gasteiger partial charge in [-0.25, -0.2) is 4.57 Å². The number of phosphoric acid groups is 1. The predicted octanol–water partition coefficient (Wildman–Crippen LogP) is 9.25. The van der Waals surface area contributed by atoms with E-state index >= 15 is 0 Å². The summed E-state index contributed by atoms with van der Waals surface area (Å²) in [5.74, 6) is -0.486. The number of rotatable bonds is 38. The van der Waals surface area contributed by atoms with Gasteiger partial charge in [0, 0.05) is 13.0 Å². The summed E-state index contributed by atoms with van der Waals surface area (Å²) in [6.45, 7) is 4.13. The van der Waals surface area contributed by atoms with E-state index in [9.17, 15) is 39.8 Å². The van der Waals surface area contributed by atoms with Gasteiger partial charge in [0.05, 0.1) is 13.2 Å². The summed E-state index contributed by atoms with van der Waals surface area (Å²) in [6.07, 6.45) is 31.8. The van der Waals surface area contributed by atoms with Crippen LogP contribution in [0, 0.1) is 0 Å². The van der Waals surface area contributed by atoms with Gasteiger partial charge in [0.25, 0.3) is 0 Å². The van der Waals surface area contributed by atoms with Crippen LogP contribution in [0.4, 0.5) is 0 Å². The number of ether oxygens (including phenoxy) is 2. The average Bonchev–Trinajstić information content (AvgIpc) is 3.22. The number of hydrogen-bond donors (Lipinski definition) is 6. The maximum absolute atomic E-state index is 12.8. The highest BCUT2D eigenvalue weighted by Crippen LogP contribution is 2.47. The first-order valence-electron chi connectivity index (χ1n) is 23.0. The molecule has 6 atom stereocenters. The minimum atomic E-state index is -5.02. The molecule has 1 saturated carbocycles. The number of carbonyl (C=O) groups is 1. The molecule has 1 aliphatic rings. The SMILES string of the molecule is CC/C=C\C/C=C\C/C=C\C/C=C\CCCCCCCCCCC(=O)OC(COCCCCCCCCCCCCC)COP(=O)(O)OC1C(O)C(O)C(O)C(O)C1O. The highest BCUT2D eigenvalue weighted by atomic mass is 31.2. The molecule has 0 saturated heterocycles. The van der Waals surface area contributed by atoms with E-state index in [1.54, 1.807) is 0 Å². The normalized spacial score (nSPS) is 22.9. The van der Waals surface area contributed by atoms with Crippen molar-refractivity contribution in [3.63, 3.8) is 0 Å². The van der Waals surface area contributed by atoms with Crippen LogP contribution in [0.1, 0.15) is 174 Å². The molecular formula is C46H83O12P. The smallest absolute Gasteiger partial charge is 0.457 e. The molecule has 0 aromatic heterocycles. The first-order valence-corrected chi connectivity index (χ1v) is 24.5. The molecule has 0 heterocycles. The summed E-state index contributed by atoms with van der Waals surface area (Å²) in [6, 6.07) is 0. The highest BCUT2D eigenvalue weighted by Gasteiger charge is 2.51. The Bertz CT molecular complexity index is 1160. The van der Waals surface area contributed by atoms with Crippen molar-refractivity contribution in [1.82, 2.24) is 0 Å². The van der Waals surface area contributed by atoms with Crippen LogP contribution in [-0.4, -0.2) is 98.9 Å². The molecule has 6 N–H and O–H groups in total. The monoisotopic (exact) mass is 859 g/mol. The molecule has 0 bridgehead atoms. The zero-order valence-electron chi connectivity index (χ0n) is 36.5. The second kappa shape index (κ2) is 36.9. The molecule has 0 aromatic rings. The van der Waals surface area contributed by atoms with Gasteiger partial charge in [0.1, 0.15) is 42.7 Å². The quantitative estimate of drug-likeness (QED) is 0.0150. The van der Waals surface area contributed by atoms with Crippen molar-refractivity contribution in [3.05, 3.63) is 48.6 Å². The Kier molecular flexibility index (Phi) is 34.6. The fourth-order valence-corrected chi connectivity index (χ4v) is 7.79. The van der Waals surface area contributed by atoms with Gasteiger partial charge in [-0.15, -0.1) is 0 Å². The fourth-order valence-electron chi connectivity index (χ4n) is 6.82. The second-order valence-electron chi connectivity index (χ2n) is 15.9. The molecule has 344 valence electrons. The Morgan fingerprint density at radius 2 is 1.00 bits per heavy atom. The van der Waals surface area contributed by atoms with E-state index < -0.39 is 63.1 Å². The number of aliphatic hydroxyl groups excluding tert-OH is 5. The fraction of sp³-hybridized carbons (Fsp3) is 0.804. The number of aliphatic hydroxyl groups is 5. The van der Waals surface area contributed by atoms with Gasteiger partial charge in [0.15, 0.2) is 0 Å². The van der Waals surface area contributed by atoms with Crippen LogP contribution >= 0.6 is 7.82 Å². The average molecular weight is 859 g/mol. The lowest BCUT2D eigenvalue weighted by Gasteiger charge is -2.41. The summed E-state index contributed by atoms with van der Waals surface area (Å²) >= 11 is 0. The minimum Gasteiger partial charge on any atom is -0.457 e. The van der Waals surface area contributed by atoms with Crippen LogP contribution in [0.2, 0.25) is 0 Å². The van der Waals surface area contributed by atoms with Gasteiger partial charge in [-0.2, -0.15) is 0 Å². The molecule has 1 aliphatic carbocycles. The molecule has 0 spiro atoms. The van der Waals surface area contributed by atoms with Gasteiger partial charge < -0.3 is 39.9 Å². The maximum Gasteiger partial charge on any atom is 0.472 e. The van der Waals surface area contributed by atoms with Crippen molar-refractivity contribution in [1.29, 1.82) is 0 Å². The van der Waals surface area contributed by atoms with E-state index in [-0.39, 0.29) is 13.0 Å². The van der Waals surface area contributed by atoms with E-state index in [1.807, 2.05) is 0 Å². The molecule has 0 aliphatic heterocycles. The third kappa shape index (κ3) is 29.3. The summed E-state index contributed by atoms with van der Waals surface area (Å²) in [4.78, 5) is 23.1. The van der Waals surface area contributed by atoms with Gasteiger partial charge in [0.2, 0.25) is 0 Å². The molecule has 0 radical (unpaired) electrons. The van der Waals surface area contributed by atoms with Crippen LogP contribution in [-0.2, 0) is 27.9 Å². The third-order valence-electron chi connectivity index (χ3n) is 10.5. The standard InChI is InChI=1S/C46H83O12P/c1-3-5-7-9-11-13-15-16-17-18-19-20-21-22-23-24-25-27-29-31-33-35-40(47)57-39(37-55-36-34-32-30-28-26-14-12-10-8-6-4-2)38-56-59(53,54)58-46-44(51)42(49)41(48)43(50)45(46)52/h5,7,11,13,16-17,19-20,39,41-46,48-52H,3-4,6,8-10,12,14-15,18,21-38H2,1-2H3,(H,53,54)/b7-5-,13-11-,17-16-,20-19-. The van der Waals surface area contributed by atoms with Crippen LogP contribution in [0.5, 0.6) is 0 Å². The summed E-state index contributed by atoms with van der Waals surface area (Å²) in [7, 11) is -5.02. The minimum absolute atomic E-state index is 0.0793. The molecule has 13 heteroatoms. The zero-order chi connectivity index (χ0) is 43.4. The van der Waals surface area contributed by atoms with Crippen LogP contribution in [0.15, 0.2) is 48.6 Å². The molecule has 0 aromatic carbocycles. The number of phosphoric ester groups is 1. The molecular weight excluding hydrogens is 775 g/mol. The Morgan fingerprint density at radius 3 is 1.53 bits per heavy atom. The number of carbonyl (C=O) groups excluding carboxylic acids is 1. The van der Waals surface area contributed by atoms with Crippen molar-refractivity contribution >= 4 is 13.8 Å². The Morgan fingerprint density at radius 1 is 0.559 bits per heavy atom. The molecule has 59 heavy (non-hydrogen) atoms. The largest absolute Gasteiger partial charge is 0.472 e. The Balaban J connectivity index is 2.37. The molecule has 0 amide bonds. The third-order valence-corrected chi connectivity index (χ3v) is 11.5. The number of unbranched alkanes of at least 4 members (excludes halogenated alkanes) is 18. The molecule has 1 fully saturated rings. The molecule has 6 unspecified atom stereocenters. The van der Waals surface area contributed by atoms with E-state index in [1.165, 1.54) is 70.6 Å². The lowest BCUT2D eigenvalue weighted by molar-refractivity contribution is -0.220. The predicted molar refractivity (Wildman–Crippen MR) is 235 cm³/mol. The maximum atomic E-state index is 12.8. The van der Waals surface area contributed by atoms with Gasteiger partial charge >= 0.3 is 13.8 Å². The number of esters is 1. The lowest BCUT2D eigenvalue weighted by Crippen LogP contribution is -2.64. The van der Waals surface area contributed by atoms with Gasteiger partial charge in [-0.05, 0) is 51.4 Å². The first-order chi connectivity index (χ1) is 28.5. The van der Waals surface area contributed by atoms with Crippen molar-refractivity contribution in [2.24, 2.45) is 0 Å². The van der Waals surface area contributed by atoms with Crippen molar-refractivity contribution < 1.29 is 58.3 Å². The van der Waals surface area contributed by atoms with Crippen molar-refractivity contribution in [3.8, 4) is 0 Å². The van der Waals surface area contributed by atoms with E-state index in [0.29, 0.717) is 13.0 Å².